The summed E-state index contributed by atoms with van der Waals surface area (Å²) in [5.74, 6) is 0.780. The van der Waals surface area contributed by atoms with Gasteiger partial charge >= 0.3 is 0 Å². The normalized spacial score (nSPS) is 27.1. The van der Waals surface area contributed by atoms with Crippen LogP contribution in [-0.2, 0) is 0 Å². The summed E-state index contributed by atoms with van der Waals surface area (Å²) >= 11 is 0. The van der Waals surface area contributed by atoms with E-state index >= 15 is 0 Å². The second kappa shape index (κ2) is 5.83. The van der Waals surface area contributed by atoms with Crippen LogP contribution in [0.15, 0.2) is 12.7 Å². The molecule has 0 saturated heterocycles. The van der Waals surface area contributed by atoms with Gasteiger partial charge in [0.15, 0.2) is 0 Å². The minimum Gasteiger partial charge on any atom is -0.328 e. The Labute approximate surface area is 101 Å². The standard InChI is InChI=1S/C14H28N2/c1-5-9-16(14(2,3)4)11-12-7-6-8-13(15)10-12/h5,12-13H,1,6-11,15H2,2-4H3. The summed E-state index contributed by atoms with van der Waals surface area (Å²) in [5, 5.41) is 0. The molecule has 0 aromatic heterocycles. The van der Waals surface area contributed by atoms with Crippen molar-refractivity contribution in [3.05, 3.63) is 12.7 Å². The lowest BCUT2D eigenvalue weighted by molar-refractivity contribution is 0.113. The Bertz CT molecular complexity index is 217. The molecule has 0 spiro atoms. The van der Waals surface area contributed by atoms with Crippen molar-refractivity contribution in [2.75, 3.05) is 13.1 Å². The highest BCUT2D eigenvalue weighted by Gasteiger charge is 2.26. The van der Waals surface area contributed by atoms with E-state index in [1.54, 1.807) is 0 Å². The number of nitrogens with two attached hydrogens (primary N) is 1. The van der Waals surface area contributed by atoms with Crippen LogP contribution in [0, 0.1) is 5.92 Å². The lowest BCUT2D eigenvalue weighted by Crippen LogP contribution is -2.45. The summed E-state index contributed by atoms with van der Waals surface area (Å²) in [6, 6.07) is 0.435. The molecule has 0 amide bonds. The van der Waals surface area contributed by atoms with Gasteiger partial charge in [-0.15, -0.1) is 6.58 Å². The highest BCUT2D eigenvalue weighted by molar-refractivity contribution is 4.86. The number of nitrogens with zero attached hydrogens (tertiary/aromatic N) is 1. The molecule has 1 rings (SSSR count). The maximum absolute atomic E-state index is 6.05. The first-order valence-electron chi connectivity index (χ1n) is 6.55. The van der Waals surface area contributed by atoms with Crippen molar-refractivity contribution in [1.29, 1.82) is 0 Å². The van der Waals surface area contributed by atoms with Gasteiger partial charge in [-0.05, 0) is 46.0 Å². The molecule has 0 aromatic rings. The van der Waals surface area contributed by atoms with Gasteiger partial charge in [0, 0.05) is 24.7 Å². The van der Waals surface area contributed by atoms with Crippen molar-refractivity contribution in [1.82, 2.24) is 4.90 Å². The Hall–Kier alpha value is -0.340. The first kappa shape index (κ1) is 13.7. The van der Waals surface area contributed by atoms with E-state index in [0.29, 0.717) is 6.04 Å². The van der Waals surface area contributed by atoms with Gasteiger partial charge in [-0.25, -0.2) is 0 Å². The lowest BCUT2D eigenvalue weighted by atomic mass is 9.85. The molecule has 2 atom stereocenters. The molecule has 2 N–H and O–H groups in total. The first-order chi connectivity index (χ1) is 7.43. The van der Waals surface area contributed by atoms with Gasteiger partial charge in [0.25, 0.3) is 0 Å². The topological polar surface area (TPSA) is 29.3 Å². The van der Waals surface area contributed by atoms with E-state index in [-0.39, 0.29) is 5.54 Å². The quantitative estimate of drug-likeness (QED) is 0.744. The molecule has 0 radical (unpaired) electrons. The van der Waals surface area contributed by atoms with Crippen LogP contribution >= 0.6 is 0 Å². The first-order valence-corrected chi connectivity index (χ1v) is 6.55. The third-order valence-electron chi connectivity index (χ3n) is 3.60. The maximum atomic E-state index is 6.05. The molecule has 1 fully saturated rings. The second-order valence-corrected chi connectivity index (χ2v) is 6.16. The summed E-state index contributed by atoms with van der Waals surface area (Å²) in [7, 11) is 0. The van der Waals surface area contributed by atoms with Gasteiger partial charge in [-0.3, -0.25) is 4.90 Å². The van der Waals surface area contributed by atoms with Crippen molar-refractivity contribution < 1.29 is 0 Å². The monoisotopic (exact) mass is 224 g/mol. The summed E-state index contributed by atoms with van der Waals surface area (Å²) < 4.78 is 0. The van der Waals surface area contributed by atoms with Gasteiger partial charge < -0.3 is 5.73 Å². The van der Waals surface area contributed by atoms with E-state index in [9.17, 15) is 0 Å². The van der Waals surface area contributed by atoms with Crippen LogP contribution < -0.4 is 5.73 Å². The third kappa shape index (κ3) is 4.26. The SMILES string of the molecule is C=CCN(CC1CCCC(N)C1)C(C)(C)C. The van der Waals surface area contributed by atoms with Gasteiger partial charge in [0.1, 0.15) is 0 Å². The smallest absolute Gasteiger partial charge is 0.0165 e. The fraction of sp³-hybridized carbons (Fsp3) is 0.857. The molecule has 0 aromatic carbocycles. The van der Waals surface area contributed by atoms with Crippen molar-refractivity contribution in [3.8, 4) is 0 Å². The summed E-state index contributed by atoms with van der Waals surface area (Å²) in [6.45, 7) is 12.8. The molecule has 1 aliphatic rings. The highest BCUT2D eigenvalue weighted by Crippen LogP contribution is 2.26. The molecule has 16 heavy (non-hydrogen) atoms. The van der Waals surface area contributed by atoms with Crippen molar-refractivity contribution in [2.45, 2.75) is 58.0 Å². The molecule has 2 unspecified atom stereocenters. The average molecular weight is 224 g/mol. The van der Waals surface area contributed by atoms with E-state index in [4.69, 9.17) is 5.73 Å². The van der Waals surface area contributed by atoms with Crippen LogP contribution in [0.25, 0.3) is 0 Å². The van der Waals surface area contributed by atoms with Crippen LogP contribution in [0.4, 0.5) is 0 Å². The zero-order valence-corrected chi connectivity index (χ0v) is 11.2. The molecule has 2 nitrogen and oxygen atoms in total. The largest absolute Gasteiger partial charge is 0.328 e. The Kier molecular flexibility index (Phi) is 5.00. The second-order valence-electron chi connectivity index (χ2n) is 6.16. The zero-order chi connectivity index (χ0) is 12.2. The molecular formula is C14H28N2. The van der Waals surface area contributed by atoms with Gasteiger partial charge in [-0.2, -0.15) is 0 Å². The Morgan fingerprint density at radius 3 is 2.56 bits per heavy atom. The third-order valence-corrected chi connectivity index (χ3v) is 3.60. The summed E-state index contributed by atoms with van der Waals surface area (Å²) in [4.78, 5) is 2.52. The molecule has 0 heterocycles. The van der Waals surface area contributed by atoms with Gasteiger partial charge in [-0.1, -0.05) is 12.5 Å². The fourth-order valence-electron chi connectivity index (χ4n) is 2.59. The molecule has 94 valence electrons. The minimum atomic E-state index is 0.232. The average Bonchev–Trinajstić information content (AvgIpc) is 2.16. The molecule has 0 aliphatic heterocycles. The van der Waals surface area contributed by atoms with Crippen molar-refractivity contribution in [3.63, 3.8) is 0 Å². The van der Waals surface area contributed by atoms with Crippen LogP contribution in [0.3, 0.4) is 0 Å². The Morgan fingerprint density at radius 1 is 1.38 bits per heavy atom. The van der Waals surface area contributed by atoms with Gasteiger partial charge in [0.05, 0.1) is 0 Å². The van der Waals surface area contributed by atoms with E-state index < -0.39 is 0 Å². The number of rotatable bonds is 4. The van der Waals surface area contributed by atoms with Crippen molar-refractivity contribution >= 4 is 0 Å². The number of hydrogen-bond donors (Lipinski definition) is 1. The fourth-order valence-corrected chi connectivity index (χ4v) is 2.59. The van der Waals surface area contributed by atoms with E-state index in [1.807, 2.05) is 6.08 Å². The van der Waals surface area contributed by atoms with E-state index in [1.165, 1.54) is 32.2 Å². The zero-order valence-electron chi connectivity index (χ0n) is 11.2. The molecule has 2 heteroatoms. The maximum Gasteiger partial charge on any atom is 0.0165 e. The van der Waals surface area contributed by atoms with E-state index in [0.717, 1.165) is 12.5 Å². The van der Waals surface area contributed by atoms with Crippen molar-refractivity contribution in [2.24, 2.45) is 11.7 Å². The summed E-state index contributed by atoms with van der Waals surface area (Å²) in [5.41, 5.74) is 6.28. The molecular weight excluding hydrogens is 196 g/mol. The molecule has 1 aliphatic carbocycles. The lowest BCUT2D eigenvalue weighted by Gasteiger charge is -2.39. The minimum absolute atomic E-state index is 0.232. The van der Waals surface area contributed by atoms with Crippen LogP contribution in [-0.4, -0.2) is 29.6 Å². The summed E-state index contributed by atoms with van der Waals surface area (Å²) in [6.07, 6.45) is 7.07. The van der Waals surface area contributed by atoms with Gasteiger partial charge in [0.2, 0.25) is 0 Å². The predicted molar refractivity (Wildman–Crippen MR) is 71.5 cm³/mol. The number of hydrogen-bond acceptors (Lipinski definition) is 2. The Morgan fingerprint density at radius 2 is 2.06 bits per heavy atom. The van der Waals surface area contributed by atoms with Crippen LogP contribution in [0.2, 0.25) is 0 Å². The van der Waals surface area contributed by atoms with E-state index in [2.05, 4.69) is 32.3 Å². The highest BCUT2D eigenvalue weighted by atomic mass is 15.2. The molecule has 1 saturated carbocycles. The Balaban J connectivity index is 2.50. The molecule has 0 bridgehead atoms. The van der Waals surface area contributed by atoms with Crippen LogP contribution in [0.1, 0.15) is 46.5 Å². The predicted octanol–water partition coefficient (Wildman–Crippen LogP) is 2.79. The van der Waals surface area contributed by atoms with Crippen LogP contribution in [0.5, 0.6) is 0 Å².